The number of ether oxygens (including phenoxy) is 2. The Morgan fingerprint density at radius 1 is 0.947 bits per heavy atom. The predicted octanol–water partition coefficient (Wildman–Crippen LogP) is 1.41. The number of hydrogen-bond acceptors (Lipinski definition) is 6. The number of esters is 2. The van der Waals surface area contributed by atoms with E-state index in [4.69, 9.17) is 9.47 Å². The smallest absolute Gasteiger partial charge is 0.358 e. The molecule has 1 aromatic rings. The Hall–Kier alpha value is -1.98. The Bertz CT molecular complexity index is 521. The number of fused-ring (bicyclic) bond motifs is 5. The molecule has 1 heterocycles. The van der Waals surface area contributed by atoms with Crippen LogP contribution in [0, 0.1) is 0 Å². The van der Waals surface area contributed by atoms with Crippen LogP contribution < -0.4 is 0 Å². The molecular weight excluding hydrogens is 248 g/mol. The molecule has 2 aliphatic carbocycles. The van der Waals surface area contributed by atoms with E-state index >= 15 is 0 Å². The molecule has 0 aliphatic heterocycles. The maximum atomic E-state index is 11.8. The number of carbonyl (C=O) groups is 2. The summed E-state index contributed by atoms with van der Waals surface area (Å²) < 4.78 is 9.48. The number of rotatable bonds is 2. The van der Waals surface area contributed by atoms with Gasteiger partial charge in [0.15, 0.2) is 11.4 Å². The number of carbonyl (C=O) groups excluding carboxylic acids is 2. The highest BCUT2D eigenvalue weighted by atomic mass is 16.5. The fourth-order valence-corrected chi connectivity index (χ4v) is 3.29. The zero-order chi connectivity index (χ0) is 13.6. The van der Waals surface area contributed by atoms with E-state index in [0.29, 0.717) is 0 Å². The van der Waals surface area contributed by atoms with Gasteiger partial charge in [0, 0.05) is 0 Å². The van der Waals surface area contributed by atoms with E-state index in [1.807, 2.05) is 0 Å². The van der Waals surface area contributed by atoms with E-state index < -0.39 is 11.9 Å². The second kappa shape index (κ2) is 4.29. The molecule has 2 aliphatic rings. The average Bonchev–Trinajstić information content (AvgIpc) is 3.06. The van der Waals surface area contributed by atoms with E-state index in [2.05, 4.69) is 10.2 Å². The van der Waals surface area contributed by atoms with Crippen molar-refractivity contribution in [3.63, 3.8) is 0 Å². The lowest BCUT2D eigenvalue weighted by Gasteiger charge is -2.18. The Morgan fingerprint density at radius 2 is 1.37 bits per heavy atom. The van der Waals surface area contributed by atoms with E-state index in [0.717, 1.165) is 30.4 Å². The SMILES string of the molecule is COC(=O)c1nnc(C(=O)OC)c2c1C1CCC2C1. The third kappa shape index (κ3) is 1.63. The van der Waals surface area contributed by atoms with Crippen molar-refractivity contribution >= 4 is 11.9 Å². The van der Waals surface area contributed by atoms with E-state index in [-0.39, 0.29) is 23.2 Å². The van der Waals surface area contributed by atoms with Crippen molar-refractivity contribution in [2.45, 2.75) is 31.1 Å². The third-order valence-electron chi connectivity index (χ3n) is 4.06. The molecule has 0 saturated heterocycles. The van der Waals surface area contributed by atoms with Crippen LogP contribution >= 0.6 is 0 Å². The van der Waals surface area contributed by atoms with Crippen LogP contribution in [0.25, 0.3) is 0 Å². The first-order valence-corrected chi connectivity index (χ1v) is 6.24. The maximum Gasteiger partial charge on any atom is 0.358 e. The molecule has 2 bridgehead atoms. The quantitative estimate of drug-likeness (QED) is 0.750. The summed E-state index contributed by atoms with van der Waals surface area (Å²) in [4.78, 5) is 23.5. The van der Waals surface area contributed by atoms with Gasteiger partial charge in [0.1, 0.15) is 0 Å². The van der Waals surface area contributed by atoms with Crippen LogP contribution in [0.4, 0.5) is 0 Å². The summed E-state index contributed by atoms with van der Waals surface area (Å²) in [6, 6.07) is 0. The molecule has 1 saturated carbocycles. The summed E-state index contributed by atoms with van der Waals surface area (Å²) in [5.41, 5.74) is 2.19. The topological polar surface area (TPSA) is 78.4 Å². The average molecular weight is 262 g/mol. The van der Waals surface area contributed by atoms with Crippen molar-refractivity contribution in [2.75, 3.05) is 14.2 Å². The van der Waals surface area contributed by atoms with Crippen LogP contribution in [0.1, 0.15) is 63.2 Å². The second-order valence-corrected chi connectivity index (χ2v) is 4.91. The Labute approximate surface area is 110 Å². The molecule has 100 valence electrons. The van der Waals surface area contributed by atoms with Gasteiger partial charge in [-0.1, -0.05) is 0 Å². The largest absolute Gasteiger partial charge is 0.464 e. The van der Waals surface area contributed by atoms with Crippen LogP contribution in [0.3, 0.4) is 0 Å². The first-order chi connectivity index (χ1) is 9.17. The van der Waals surface area contributed by atoms with Gasteiger partial charge in [0.2, 0.25) is 0 Å². The van der Waals surface area contributed by atoms with Gasteiger partial charge in [-0.05, 0) is 42.2 Å². The molecule has 2 atom stereocenters. The highest BCUT2D eigenvalue weighted by molar-refractivity contribution is 5.94. The summed E-state index contributed by atoms with van der Waals surface area (Å²) >= 11 is 0. The van der Waals surface area contributed by atoms with Crippen molar-refractivity contribution in [3.05, 3.63) is 22.5 Å². The molecular formula is C13H14N2O4. The number of hydrogen-bond donors (Lipinski definition) is 0. The van der Waals surface area contributed by atoms with Crippen LogP contribution in [0.2, 0.25) is 0 Å². The lowest BCUT2D eigenvalue weighted by molar-refractivity contribution is 0.0570. The summed E-state index contributed by atoms with van der Waals surface area (Å²) in [6.07, 6.45) is 3.00. The number of aromatic nitrogens is 2. The van der Waals surface area contributed by atoms with Crippen LogP contribution in [0.15, 0.2) is 0 Å². The van der Waals surface area contributed by atoms with Crippen LogP contribution in [-0.4, -0.2) is 36.4 Å². The zero-order valence-corrected chi connectivity index (χ0v) is 10.8. The molecule has 1 aromatic heterocycles. The van der Waals surface area contributed by atoms with Crippen molar-refractivity contribution in [1.29, 1.82) is 0 Å². The van der Waals surface area contributed by atoms with Gasteiger partial charge in [0.25, 0.3) is 0 Å². The van der Waals surface area contributed by atoms with Gasteiger partial charge < -0.3 is 9.47 Å². The van der Waals surface area contributed by atoms with Crippen LogP contribution in [0.5, 0.6) is 0 Å². The van der Waals surface area contributed by atoms with Crippen molar-refractivity contribution in [1.82, 2.24) is 10.2 Å². The monoisotopic (exact) mass is 262 g/mol. The molecule has 0 spiro atoms. The minimum absolute atomic E-state index is 0.248. The fraction of sp³-hybridized carbons (Fsp3) is 0.538. The molecule has 3 rings (SSSR count). The summed E-state index contributed by atoms with van der Waals surface area (Å²) in [7, 11) is 2.63. The minimum atomic E-state index is -0.493. The normalized spacial score (nSPS) is 23.1. The Kier molecular flexibility index (Phi) is 2.73. The summed E-state index contributed by atoms with van der Waals surface area (Å²) in [6.45, 7) is 0. The molecule has 1 fully saturated rings. The first-order valence-electron chi connectivity index (χ1n) is 6.24. The molecule has 19 heavy (non-hydrogen) atoms. The lowest BCUT2D eigenvalue weighted by Crippen LogP contribution is -2.19. The molecule has 0 N–H and O–H groups in total. The zero-order valence-electron chi connectivity index (χ0n) is 10.8. The van der Waals surface area contributed by atoms with E-state index in [9.17, 15) is 9.59 Å². The maximum absolute atomic E-state index is 11.8. The highest BCUT2D eigenvalue weighted by Gasteiger charge is 2.44. The van der Waals surface area contributed by atoms with Gasteiger partial charge in [-0.3, -0.25) is 0 Å². The highest BCUT2D eigenvalue weighted by Crippen LogP contribution is 2.54. The van der Waals surface area contributed by atoms with Crippen LogP contribution in [-0.2, 0) is 9.47 Å². The molecule has 6 nitrogen and oxygen atoms in total. The van der Waals surface area contributed by atoms with Crippen molar-refractivity contribution < 1.29 is 19.1 Å². The fourth-order valence-electron chi connectivity index (χ4n) is 3.29. The third-order valence-corrected chi connectivity index (χ3v) is 4.06. The summed E-state index contributed by atoms with van der Waals surface area (Å²) in [5.74, 6) is -0.415. The first kappa shape index (κ1) is 12.1. The second-order valence-electron chi connectivity index (χ2n) is 4.91. The number of nitrogens with zero attached hydrogens (tertiary/aromatic N) is 2. The molecule has 0 amide bonds. The van der Waals surface area contributed by atoms with Gasteiger partial charge in [0.05, 0.1) is 14.2 Å². The summed E-state index contributed by atoms with van der Waals surface area (Å²) in [5, 5.41) is 7.77. The Morgan fingerprint density at radius 3 is 1.74 bits per heavy atom. The minimum Gasteiger partial charge on any atom is -0.464 e. The standard InChI is InChI=1S/C13H14N2O4/c1-18-12(16)10-8-6-3-4-7(5-6)9(8)11(15-14-10)13(17)19-2/h6-7H,3-5H2,1-2H3. The van der Waals surface area contributed by atoms with Crippen molar-refractivity contribution in [3.8, 4) is 0 Å². The predicted molar refractivity (Wildman–Crippen MR) is 64.0 cm³/mol. The van der Waals surface area contributed by atoms with Gasteiger partial charge >= 0.3 is 11.9 Å². The molecule has 2 unspecified atom stereocenters. The van der Waals surface area contributed by atoms with E-state index in [1.165, 1.54) is 14.2 Å². The van der Waals surface area contributed by atoms with Gasteiger partial charge in [-0.2, -0.15) is 0 Å². The van der Waals surface area contributed by atoms with Gasteiger partial charge in [-0.15, -0.1) is 10.2 Å². The van der Waals surface area contributed by atoms with E-state index in [1.54, 1.807) is 0 Å². The number of methoxy groups -OCH3 is 2. The van der Waals surface area contributed by atoms with Crippen molar-refractivity contribution in [2.24, 2.45) is 0 Å². The Balaban J connectivity index is 2.19. The molecule has 0 aromatic carbocycles. The lowest BCUT2D eigenvalue weighted by atomic mass is 9.89. The molecule has 6 heteroatoms. The molecule has 0 radical (unpaired) electrons. The van der Waals surface area contributed by atoms with Gasteiger partial charge in [-0.25, -0.2) is 9.59 Å².